The van der Waals surface area contributed by atoms with Crippen molar-refractivity contribution in [1.29, 1.82) is 0 Å². The van der Waals surface area contributed by atoms with E-state index in [0.29, 0.717) is 13.3 Å². The van der Waals surface area contributed by atoms with Crippen molar-refractivity contribution in [3.63, 3.8) is 0 Å². The standard InChI is InChI=1S/C14H21N5O2.K/c1-10-5-12(3)18(15-10)8-17(7-14(20)21)9-19-13(4)6-11(2)16-19;/h5-6H,7-9H2,1-4H3,(H,20,21);/q;+1/p-1. The van der Waals surface area contributed by atoms with E-state index in [4.69, 9.17) is 0 Å². The summed E-state index contributed by atoms with van der Waals surface area (Å²) in [5.74, 6) is -1.11. The number of aryl methyl sites for hydroxylation is 4. The number of hydrogen-bond donors (Lipinski definition) is 0. The van der Waals surface area contributed by atoms with E-state index in [1.807, 2.05) is 39.8 Å². The summed E-state index contributed by atoms with van der Waals surface area (Å²) in [7, 11) is 0. The Morgan fingerprint density at radius 2 is 1.45 bits per heavy atom. The van der Waals surface area contributed by atoms with Crippen molar-refractivity contribution in [2.45, 2.75) is 41.0 Å². The minimum Gasteiger partial charge on any atom is -0.549 e. The fourth-order valence-corrected chi connectivity index (χ4v) is 2.34. The number of aromatic nitrogens is 4. The number of rotatable bonds is 6. The van der Waals surface area contributed by atoms with Crippen molar-refractivity contribution in [2.24, 2.45) is 0 Å². The van der Waals surface area contributed by atoms with Gasteiger partial charge in [0.1, 0.15) is 0 Å². The molecule has 0 fully saturated rings. The van der Waals surface area contributed by atoms with Gasteiger partial charge in [-0.2, -0.15) is 10.2 Å². The molecule has 0 radical (unpaired) electrons. The largest absolute Gasteiger partial charge is 1.00 e. The first-order valence-corrected chi connectivity index (χ1v) is 6.79. The van der Waals surface area contributed by atoms with Crippen molar-refractivity contribution in [3.05, 3.63) is 34.9 Å². The molecule has 0 amide bonds. The van der Waals surface area contributed by atoms with Gasteiger partial charge in [0.15, 0.2) is 0 Å². The molecule has 0 saturated heterocycles. The molecule has 2 aromatic rings. The molecule has 0 aliphatic carbocycles. The van der Waals surface area contributed by atoms with Crippen molar-refractivity contribution in [1.82, 2.24) is 24.5 Å². The van der Waals surface area contributed by atoms with Crippen LogP contribution >= 0.6 is 0 Å². The molecule has 0 unspecified atom stereocenters. The summed E-state index contributed by atoms with van der Waals surface area (Å²) in [5, 5.41) is 19.7. The molecule has 2 rings (SSSR count). The summed E-state index contributed by atoms with van der Waals surface area (Å²) in [6, 6.07) is 3.92. The maximum Gasteiger partial charge on any atom is 1.00 e. The third-order valence-corrected chi connectivity index (χ3v) is 3.23. The van der Waals surface area contributed by atoms with Crippen LogP contribution in [0.25, 0.3) is 0 Å². The summed E-state index contributed by atoms with van der Waals surface area (Å²) >= 11 is 0. The molecule has 22 heavy (non-hydrogen) atoms. The van der Waals surface area contributed by atoms with Crippen LogP contribution in [-0.4, -0.2) is 37.0 Å². The third-order valence-electron chi connectivity index (χ3n) is 3.23. The molecule has 2 heterocycles. The smallest absolute Gasteiger partial charge is 0.549 e. The Morgan fingerprint density at radius 3 is 1.73 bits per heavy atom. The Bertz CT molecular complexity index is 601. The first kappa shape index (κ1) is 19.5. The topological polar surface area (TPSA) is 79.0 Å². The monoisotopic (exact) mass is 329 g/mol. The van der Waals surface area contributed by atoms with Crippen molar-refractivity contribution in [3.8, 4) is 0 Å². The number of carboxylic acid groups (broad SMARTS) is 1. The molecule has 0 bridgehead atoms. The van der Waals surface area contributed by atoms with Gasteiger partial charge in [0.25, 0.3) is 0 Å². The van der Waals surface area contributed by atoms with Gasteiger partial charge in [-0.25, -0.2) is 0 Å². The number of carbonyl (C=O) groups excluding carboxylic acids is 1. The molecule has 8 heteroatoms. The van der Waals surface area contributed by atoms with Gasteiger partial charge in [-0.1, -0.05) is 0 Å². The second kappa shape index (κ2) is 8.37. The zero-order valence-electron chi connectivity index (χ0n) is 13.8. The van der Waals surface area contributed by atoms with E-state index in [1.54, 1.807) is 14.3 Å². The SMILES string of the molecule is Cc1cc(C)n(CN(CC(=O)[O-])Cn2nc(C)cc2C)n1.[K+]. The Kier molecular flexibility index (Phi) is 7.43. The summed E-state index contributed by atoms with van der Waals surface area (Å²) in [5.41, 5.74) is 3.80. The van der Waals surface area contributed by atoms with Crippen LogP contribution in [0.5, 0.6) is 0 Å². The van der Waals surface area contributed by atoms with Crippen LogP contribution < -0.4 is 56.5 Å². The van der Waals surface area contributed by atoms with Crippen LogP contribution in [0, 0.1) is 27.7 Å². The minimum absolute atomic E-state index is 0. The fraction of sp³-hybridized carbons (Fsp3) is 0.500. The summed E-state index contributed by atoms with van der Waals surface area (Å²) in [6.07, 6.45) is 0. The van der Waals surface area contributed by atoms with Gasteiger partial charge in [-0.05, 0) is 39.8 Å². The zero-order valence-corrected chi connectivity index (χ0v) is 17.0. The molecule has 0 aliphatic rings. The number of hydrogen-bond acceptors (Lipinski definition) is 5. The molecular weight excluding hydrogens is 309 g/mol. The fourth-order valence-electron chi connectivity index (χ4n) is 2.34. The van der Waals surface area contributed by atoms with E-state index in [0.717, 1.165) is 22.8 Å². The van der Waals surface area contributed by atoms with Gasteiger partial charge in [0, 0.05) is 17.9 Å². The van der Waals surface area contributed by atoms with Gasteiger partial charge in [-0.3, -0.25) is 14.3 Å². The minimum atomic E-state index is -1.11. The predicted molar refractivity (Wildman–Crippen MR) is 75.1 cm³/mol. The van der Waals surface area contributed by atoms with Crippen LogP contribution in [0.1, 0.15) is 22.8 Å². The maximum absolute atomic E-state index is 11.0. The maximum atomic E-state index is 11.0. The second-order valence-corrected chi connectivity index (χ2v) is 5.34. The molecule has 114 valence electrons. The predicted octanol–water partition coefficient (Wildman–Crippen LogP) is -3.02. The average molecular weight is 329 g/mol. The zero-order chi connectivity index (χ0) is 15.6. The van der Waals surface area contributed by atoms with Gasteiger partial charge >= 0.3 is 51.4 Å². The molecule has 0 atom stereocenters. The van der Waals surface area contributed by atoms with E-state index in [2.05, 4.69) is 10.2 Å². The average Bonchev–Trinajstić information content (AvgIpc) is 2.81. The molecule has 0 N–H and O–H groups in total. The van der Waals surface area contributed by atoms with Gasteiger partial charge in [0.2, 0.25) is 0 Å². The quantitative estimate of drug-likeness (QED) is 0.527. The molecule has 2 aromatic heterocycles. The van der Waals surface area contributed by atoms with Crippen LogP contribution in [0.3, 0.4) is 0 Å². The normalized spacial score (nSPS) is 10.8. The Balaban J connectivity index is 0.00000242. The number of aliphatic carboxylic acids is 1. The Labute approximate surface area is 172 Å². The molecule has 7 nitrogen and oxygen atoms in total. The van der Waals surface area contributed by atoms with E-state index in [-0.39, 0.29) is 57.9 Å². The van der Waals surface area contributed by atoms with Crippen molar-refractivity contribution in [2.75, 3.05) is 6.54 Å². The van der Waals surface area contributed by atoms with Crippen LogP contribution in [0.15, 0.2) is 12.1 Å². The first-order valence-electron chi connectivity index (χ1n) is 6.79. The Hall–Kier alpha value is -0.514. The number of nitrogens with zero attached hydrogens (tertiary/aromatic N) is 5. The molecule has 0 aliphatic heterocycles. The van der Waals surface area contributed by atoms with Gasteiger partial charge in [-0.15, -0.1) is 0 Å². The van der Waals surface area contributed by atoms with E-state index >= 15 is 0 Å². The van der Waals surface area contributed by atoms with Crippen molar-refractivity contribution < 1.29 is 61.3 Å². The molecule has 0 saturated carbocycles. The second-order valence-electron chi connectivity index (χ2n) is 5.34. The van der Waals surface area contributed by atoms with Gasteiger partial charge < -0.3 is 9.90 Å². The number of carbonyl (C=O) groups is 1. The van der Waals surface area contributed by atoms with Crippen LogP contribution in [0.4, 0.5) is 0 Å². The summed E-state index contributed by atoms with van der Waals surface area (Å²) in [6.45, 7) is 8.30. The van der Waals surface area contributed by atoms with Gasteiger partial charge in [0.05, 0.1) is 30.7 Å². The molecule has 0 aromatic carbocycles. The van der Waals surface area contributed by atoms with Crippen molar-refractivity contribution >= 4 is 5.97 Å². The van der Waals surface area contributed by atoms with E-state index < -0.39 is 5.97 Å². The van der Waals surface area contributed by atoms with Crippen LogP contribution in [-0.2, 0) is 18.1 Å². The third kappa shape index (κ3) is 5.29. The number of carboxylic acids is 1. The van der Waals surface area contributed by atoms with E-state index in [9.17, 15) is 9.90 Å². The first-order chi connectivity index (χ1) is 9.85. The molecular formula is C14H20KN5O2. The van der Waals surface area contributed by atoms with E-state index in [1.165, 1.54) is 0 Å². The van der Waals surface area contributed by atoms with Crippen LogP contribution in [0.2, 0.25) is 0 Å². The summed E-state index contributed by atoms with van der Waals surface area (Å²) < 4.78 is 3.56. The molecule has 0 spiro atoms. The summed E-state index contributed by atoms with van der Waals surface area (Å²) in [4.78, 5) is 12.7. The Morgan fingerprint density at radius 1 is 1.05 bits per heavy atom.